The molecule has 0 aromatic carbocycles. The lowest BCUT2D eigenvalue weighted by atomic mass is 9.94. The highest BCUT2D eigenvalue weighted by molar-refractivity contribution is 5.74. The number of rotatable bonds is 4. The Labute approximate surface area is 119 Å². The molecule has 1 aliphatic carbocycles. The maximum Gasteiger partial charge on any atom is 0.321 e. The van der Waals surface area contributed by atoms with Crippen LogP contribution in [0.2, 0.25) is 0 Å². The molecule has 1 aromatic rings. The summed E-state index contributed by atoms with van der Waals surface area (Å²) in [5.41, 5.74) is 1.12. The van der Waals surface area contributed by atoms with Crippen molar-refractivity contribution in [3.63, 3.8) is 0 Å². The van der Waals surface area contributed by atoms with E-state index in [9.17, 15) is 9.90 Å². The van der Waals surface area contributed by atoms with Crippen molar-refractivity contribution in [3.8, 4) is 0 Å². The number of aryl methyl sites for hydroxylation is 1. The van der Waals surface area contributed by atoms with E-state index in [1.165, 1.54) is 12.8 Å². The molecular weight excluding hydrogens is 254 g/mol. The van der Waals surface area contributed by atoms with Crippen LogP contribution in [-0.4, -0.2) is 38.3 Å². The minimum absolute atomic E-state index is 0.127. The zero-order valence-electron chi connectivity index (χ0n) is 12.2. The smallest absolute Gasteiger partial charge is 0.321 e. The van der Waals surface area contributed by atoms with Crippen molar-refractivity contribution >= 4 is 5.97 Å². The Balaban J connectivity index is 1.82. The lowest BCUT2D eigenvalue weighted by Gasteiger charge is -2.29. The van der Waals surface area contributed by atoms with Crippen LogP contribution in [0.5, 0.6) is 0 Å². The number of aliphatic carboxylic acids is 1. The topological polar surface area (TPSA) is 58.4 Å². The summed E-state index contributed by atoms with van der Waals surface area (Å²) in [5, 5.41) is 13.9. The summed E-state index contributed by atoms with van der Waals surface area (Å²) in [6.45, 7) is 5.93. The van der Waals surface area contributed by atoms with E-state index in [0.717, 1.165) is 25.1 Å². The van der Waals surface area contributed by atoms with Gasteiger partial charge in [0.25, 0.3) is 0 Å². The first-order chi connectivity index (χ1) is 9.61. The quantitative estimate of drug-likeness (QED) is 0.916. The van der Waals surface area contributed by atoms with Crippen LogP contribution in [0.3, 0.4) is 0 Å². The molecule has 0 radical (unpaired) electrons. The monoisotopic (exact) mass is 277 g/mol. The molecule has 1 saturated heterocycles. The number of nitrogens with zero attached hydrogens (tertiary/aromatic N) is 3. The second-order valence-electron chi connectivity index (χ2n) is 6.14. The maximum atomic E-state index is 11.7. The van der Waals surface area contributed by atoms with E-state index >= 15 is 0 Å². The van der Waals surface area contributed by atoms with Gasteiger partial charge < -0.3 is 5.11 Å². The van der Waals surface area contributed by atoms with Crippen molar-refractivity contribution in [2.75, 3.05) is 6.54 Å². The summed E-state index contributed by atoms with van der Waals surface area (Å²) in [7, 11) is 0. The van der Waals surface area contributed by atoms with E-state index < -0.39 is 5.97 Å². The van der Waals surface area contributed by atoms with Gasteiger partial charge in [-0.25, -0.2) is 0 Å². The van der Waals surface area contributed by atoms with Gasteiger partial charge in [0.2, 0.25) is 0 Å². The van der Waals surface area contributed by atoms with Crippen LogP contribution >= 0.6 is 0 Å². The van der Waals surface area contributed by atoms with Gasteiger partial charge in [-0.1, -0.05) is 6.42 Å². The molecule has 1 saturated carbocycles. The molecule has 0 amide bonds. The molecule has 4 unspecified atom stereocenters. The molecule has 5 nitrogen and oxygen atoms in total. The summed E-state index contributed by atoms with van der Waals surface area (Å²) in [5.74, 6) is 0.255. The highest BCUT2D eigenvalue weighted by Gasteiger charge is 2.49. The molecule has 2 aliphatic rings. The van der Waals surface area contributed by atoms with Gasteiger partial charge in [0.1, 0.15) is 6.04 Å². The average Bonchev–Trinajstić information content (AvgIpc) is 3.11. The molecule has 0 bridgehead atoms. The van der Waals surface area contributed by atoms with Crippen molar-refractivity contribution in [1.29, 1.82) is 0 Å². The van der Waals surface area contributed by atoms with E-state index in [1.54, 1.807) is 0 Å². The van der Waals surface area contributed by atoms with Gasteiger partial charge in [0, 0.05) is 30.9 Å². The molecule has 1 aromatic heterocycles. The largest absolute Gasteiger partial charge is 0.480 e. The van der Waals surface area contributed by atoms with Crippen LogP contribution in [-0.2, 0) is 11.3 Å². The number of hydrogen-bond acceptors (Lipinski definition) is 3. The maximum absolute atomic E-state index is 11.7. The predicted molar refractivity (Wildman–Crippen MR) is 75.3 cm³/mol. The second-order valence-corrected chi connectivity index (χ2v) is 6.14. The molecule has 2 fully saturated rings. The number of carboxylic acid groups (broad SMARTS) is 1. The van der Waals surface area contributed by atoms with Crippen molar-refractivity contribution in [2.45, 2.75) is 51.7 Å². The van der Waals surface area contributed by atoms with Gasteiger partial charge >= 0.3 is 5.97 Å². The Morgan fingerprint density at radius 2 is 2.35 bits per heavy atom. The lowest BCUT2D eigenvalue weighted by Crippen LogP contribution is -2.40. The summed E-state index contributed by atoms with van der Waals surface area (Å²) < 4.78 is 1.90. The fourth-order valence-electron chi connectivity index (χ4n) is 4.02. The molecule has 20 heavy (non-hydrogen) atoms. The minimum Gasteiger partial charge on any atom is -0.480 e. The van der Waals surface area contributed by atoms with Gasteiger partial charge in [-0.15, -0.1) is 0 Å². The first-order valence-electron chi connectivity index (χ1n) is 7.62. The molecule has 1 N–H and O–H groups in total. The summed E-state index contributed by atoms with van der Waals surface area (Å²) >= 11 is 0. The fourth-order valence-corrected chi connectivity index (χ4v) is 4.02. The van der Waals surface area contributed by atoms with Gasteiger partial charge in [-0.3, -0.25) is 14.4 Å². The number of likely N-dealkylation sites (tertiary alicyclic amines) is 1. The van der Waals surface area contributed by atoms with Gasteiger partial charge in [-0.05, 0) is 38.5 Å². The normalized spacial score (nSPS) is 31.4. The number of aromatic nitrogens is 2. The molecular formula is C15H23N3O2. The fraction of sp³-hybridized carbons (Fsp3) is 0.733. The Kier molecular flexibility index (Phi) is 3.54. The second kappa shape index (κ2) is 5.20. The molecule has 1 aliphatic heterocycles. The van der Waals surface area contributed by atoms with Crippen LogP contribution in [0.25, 0.3) is 0 Å². The van der Waals surface area contributed by atoms with Crippen molar-refractivity contribution in [2.24, 2.45) is 11.8 Å². The Bertz CT molecular complexity index is 499. The molecule has 4 atom stereocenters. The van der Waals surface area contributed by atoms with Crippen LogP contribution in [0, 0.1) is 11.8 Å². The first kappa shape index (κ1) is 13.6. The van der Waals surface area contributed by atoms with Gasteiger partial charge in [-0.2, -0.15) is 5.10 Å². The van der Waals surface area contributed by atoms with E-state index in [0.29, 0.717) is 11.8 Å². The lowest BCUT2D eigenvalue weighted by molar-refractivity contribution is -0.144. The highest BCUT2D eigenvalue weighted by Crippen LogP contribution is 2.45. The van der Waals surface area contributed by atoms with Crippen molar-refractivity contribution in [1.82, 2.24) is 14.7 Å². The zero-order chi connectivity index (χ0) is 14.3. The third-order valence-electron chi connectivity index (χ3n) is 5.14. The number of hydrogen-bond donors (Lipinski definition) is 1. The molecule has 2 heterocycles. The summed E-state index contributed by atoms with van der Waals surface area (Å²) in [4.78, 5) is 13.9. The Hall–Kier alpha value is -1.36. The van der Waals surface area contributed by atoms with E-state index in [2.05, 4.69) is 23.8 Å². The van der Waals surface area contributed by atoms with Crippen LogP contribution < -0.4 is 0 Å². The molecule has 3 rings (SSSR count). The summed E-state index contributed by atoms with van der Waals surface area (Å²) in [6.07, 6.45) is 7.36. The van der Waals surface area contributed by atoms with Crippen LogP contribution in [0.15, 0.2) is 12.4 Å². The number of carboxylic acids is 1. The average molecular weight is 277 g/mol. The Morgan fingerprint density at radius 1 is 1.55 bits per heavy atom. The standard InChI is InChI=1S/C15H23N3O2/c1-3-17-8-12(7-16-17)10(2)18-9-11-5-4-6-13(11)14(18)15(19)20/h7-8,10-11,13-14H,3-6,9H2,1-2H3,(H,19,20). The molecule has 110 valence electrons. The number of carbonyl (C=O) groups is 1. The third-order valence-corrected chi connectivity index (χ3v) is 5.14. The third kappa shape index (κ3) is 2.14. The van der Waals surface area contributed by atoms with Crippen LogP contribution in [0.1, 0.15) is 44.7 Å². The van der Waals surface area contributed by atoms with E-state index in [-0.39, 0.29) is 12.1 Å². The van der Waals surface area contributed by atoms with E-state index in [1.807, 2.05) is 17.1 Å². The highest BCUT2D eigenvalue weighted by atomic mass is 16.4. The van der Waals surface area contributed by atoms with Crippen molar-refractivity contribution < 1.29 is 9.90 Å². The Morgan fingerprint density at radius 3 is 3.00 bits per heavy atom. The van der Waals surface area contributed by atoms with E-state index in [4.69, 9.17) is 0 Å². The van der Waals surface area contributed by atoms with Crippen LogP contribution in [0.4, 0.5) is 0 Å². The van der Waals surface area contributed by atoms with Gasteiger partial charge in [0.05, 0.1) is 6.20 Å². The minimum atomic E-state index is -0.658. The van der Waals surface area contributed by atoms with Crippen molar-refractivity contribution in [3.05, 3.63) is 18.0 Å². The summed E-state index contributed by atoms with van der Waals surface area (Å²) in [6, 6.07) is -0.190. The first-order valence-corrected chi connectivity index (χ1v) is 7.62. The zero-order valence-corrected chi connectivity index (χ0v) is 12.2. The SMILES string of the molecule is CCn1cc(C(C)N2CC3CCCC3C2C(=O)O)cn1. The predicted octanol–water partition coefficient (Wildman–Crippen LogP) is 2.15. The molecule has 0 spiro atoms. The van der Waals surface area contributed by atoms with Gasteiger partial charge in [0.15, 0.2) is 0 Å². The number of fused-ring (bicyclic) bond motifs is 1. The molecule has 5 heteroatoms.